The molecule has 3 aliphatic rings. The summed E-state index contributed by atoms with van der Waals surface area (Å²) in [5.74, 6) is -9.26. The molecule has 0 bridgehead atoms. The van der Waals surface area contributed by atoms with Crippen molar-refractivity contribution in [3.8, 4) is 5.75 Å². The number of likely N-dealkylation sites (N-methyl/N-ethyl adjacent to an activating group) is 1. The van der Waals surface area contributed by atoms with E-state index in [1.165, 1.54) is 25.1 Å². The number of aromatic hydroxyl groups is 1. The smallest absolute Gasteiger partial charge is 0.230 e. The lowest BCUT2D eigenvalue weighted by Crippen LogP contribution is -2.77. The van der Waals surface area contributed by atoms with E-state index >= 15 is 0 Å². The number of ketones is 2. The number of hydrogen-bond donors (Lipinski definition) is 6. The fourth-order valence-corrected chi connectivity index (χ4v) is 6.67. The lowest BCUT2D eigenvalue weighted by Gasteiger charge is -2.57. The van der Waals surface area contributed by atoms with Gasteiger partial charge >= 0.3 is 0 Å². The molecule has 2 saturated carbocycles. The number of phenols is 1. The van der Waals surface area contributed by atoms with Gasteiger partial charge in [-0.2, -0.15) is 0 Å². The van der Waals surface area contributed by atoms with Gasteiger partial charge < -0.3 is 31.3 Å². The highest BCUT2D eigenvalue weighted by Crippen LogP contribution is 2.56. The molecule has 1 aromatic carbocycles. The molecule has 33 heavy (non-hydrogen) atoms. The van der Waals surface area contributed by atoms with Crippen molar-refractivity contribution in [3.05, 3.63) is 33.3 Å². The summed E-state index contributed by atoms with van der Waals surface area (Å²) in [5, 5.41) is 55.5. The van der Waals surface area contributed by atoms with E-state index in [-0.39, 0.29) is 16.9 Å². The van der Waals surface area contributed by atoms with Gasteiger partial charge in [-0.3, -0.25) is 19.3 Å². The number of rotatable bonds is 2. The maximum atomic E-state index is 13.8. The zero-order valence-electron chi connectivity index (χ0n) is 18.1. The first kappa shape index (κ1) is 23.8. The molecular weight excluding hydrogens is 500 g/mol. The van der Waals surface area contributed by atoms with Crippen molar-refractivity contribution in [1.82, 2.24) is 4.90 Å². The van der Waals surface area contributed by atoms with Crippen molar-refractivity contribution in [3.63, 3.8) is 0 Å². The van der Waals surface area contributed by atoms with Gasteiger partial charge in [-0.25, -0.2) is 0 Å². The summed E-state index contributed by atoms with van der Waals surface area (Å²) in [5.41, 5.74) is 2.56. The SMILES string of the molecule is C[C@H]1c2c(Br)ccc(O)c2C(O)=C2C(=O)[C@]3(O)C(O)C(C(N)=O)C(=O)[C@@H](N(C)C)[C@@H]3[C@@H](O)[C@@H]21. The summed E-state index contributed by atoms with van der Waals surface area (Å²) in [6.07, 6.45) is -3.82. The second-order valence-corrected chi connectivity index (χ2v) is 10.1. The van der Waals surface area contributed by atoms with Crippen molar-refractivity contribution in [2.24, 2.45) is 23.5 Å². The highest BCUT2D eigenvalue weighted by molar-refractivity contribution is 9.10. The molecule has 0 aromatic heterocycles. The molecule has 0 heterocycles. The molecule has 11 heteroatoms. The van der Waals surface area contributed by atoms with Gasteiger partial charge in [0.2, 0.25) is 5.91 Å². The average molecular weight is 525 g/mol. The number of phenolic OH excluding ortho intramolecular Hbond substituents is 1. The first-order valence-corrected chi connectivity index (χ1v) is 11.1. The van der Waals surface area contributed by atoms with Crippen LogP contribution < -0.4 is 5.73 Å². The number of amides is 1. The fourth-order valence-electron chi connectivity index (χ4n) is 5.98. The predicted molar refractivity (Wildman–Crippen MR) is 118 cm³/mol. The maximum absolute atomic E-state index is 13.8. The summed E-state index contributed by atoms with van der Waals surface area (Å²) in [7, 11) is 2.96. The van der Waals surface area contributed by atoms with Gasteiger partial charge in [-0.05, 0) is 37.7 Å². The lowest BCUT2D eigenvalue weighted by atomic mass is 9.51. The summed E-state index contributed by atoms with van der Waals surface area (Å²) in [4.78, 5) is 40.3. The number of Topliss-reactive ketones (excluding diaryl/α,β-unsaturated/α-hetero) is 2. The Labute approximate surface area is 197 Å². The van der Waals surface area contributed by atoms with Crippen LogP contribution in [0.5, 0.6) is 5.75 Å². The Morgan fingerprint density at radius 2 is 1.79 bits per heavy atom. The third kappa shape index (κ3) is 2.89. The first-order chi connectivity index (χ1) is 15.3. The van der Waals surface area contributed by atoms with Crippen LogP contribution in [-0.4, -0.2) is 85.9 Å². The fraction of sp³-hybridized carbons (Fsp3) is 0.500. The van der Waals surface area contributed by atoms with E-state index in [9.17, 15) is 39.9 Å². The van der Waals surface area contributed by atoms with Gasteiger partial charge in [-0.15, -0.1) is 0 Å². The van der Waals surface area contributed by atoms with E-state index in [4.69, 9.17) is 5.73 Å². The monoisotopic (exact) mass is 524 g/mol. The van der Waals surface area contributed by atoms with Crippen LogP contribution in [0, 0.1) is 17.8 Å². The van der Waals surface area contributed by atoms with Crippen LogP contribution in [-0.2, 0) is 14.4 Å². The minimum absolute atomic E-state index is 0.0392. The summed E-state index contributed by atoms with van der Waals surface area (Å²) < 4.78 is 0.520. The van der Waals surface area contributed by atoms with E-state index in [0.717, 1.165) is 0 Å². The third-order valence-corrected chi connectivity index (χ3v) is 8.10. The van der Waals surface area contributed by atoms with Crippen LogP contribution in [0.3, 0.4) is 0 Å². The molecule has 1 aromatic rings. The zero-order valence-corrected chi connectivity index (χ0v) is 19.6. The Kier molecular flexibility index (Phi) is 5.49. The van der Waals surface area contributed by atoms with Crippen molar-refractivity contribution in [2.45, 2.75) is 36.7 Å². The summed E-state index contributed by atoms with van der Waals surface area (Å²) >= 11 is 3.38. The Hall–Kier alpha value is -2.31. The van der Waals surface area contributed by atoms with Gasteiger partial charge in [0.25, 0.3) is 0 Å². The molecule has 2 fully saturated rings. The third-order valence-electron chi connectivity index (χ3n) is 7.41. The zero-order chi connectivity index (χ0) is 24.7. The van der Waals surface area contributed by atoms with Crippen LogP contribution >= 0.6 is 15.9 Å². The summed E-state index contributed by atoms with van der Waals surface area (Å²) in [6.45, 7) is 1.68. The van der Waals surface area contributed by atoms with Gasteiger partial charge in [0.1, 0.15) is 23.5 Å². The van der Waals surface area contributed by atoms with Crippen LogP contribution in [0.15, 0.2) is 22.2 Å². The van der Waals surface area contributed by atoms with Crippen molar-refractivity contribution in [1.29, 1.82) is 0 Å². The number of nitrogens with two attached hydrogens (primary N) is 1. The Morgan fingerprint density at radius 1 is 1.18 bits per heavy atom. The number of carbonyl (C=O) groups is 3. The van der Waals surface area contributed by atoms with E-state index in [1.54, 1.807) is 13.0 Å². The van der Waals surface area contributed by atoms with Gasteiger partial charge in [0.05, 0.1) is 17.7 Å². The van der Waals surface area contributed by atoms with Crippen LogP contribution in [0.25, 0.3) is 5.76 Å². The standard InChI is InChI=1S/C22H25BrN2O8/c1-6-9-7(23)4-5-8(26)11(9)16(27)12-10(6)17(28)14-15(25(2)3)18(29)13(21(24)32)20(31)22(14,33)19(12)30/h4-6,10,13-15,17,20,26-28,31,33H,1-3H3,(H2,24,32)/t6-,10+,13?,14+,15-,17-,20?,22-/m0/s1. The molecule has 10 nitrogen and oxygen atoms in total. The normalized spacial score (nSPS) is 38.1. The van der Waals surface area contributed by atoms with E-state index in [0.29, 0.717) is 10.0 Å². The first-order valence-electron chi connectivity index (χ1n) is 10.4. The van der Waals surface area contributed by atoms with Gasteiger partial charge in [-0.1, -0.05) is 22.9 Å². The molecule has 0 spiro atoms. The van der Waals surface area contributed by atoms with Crippen LogP contribution in [0.1, 0.15) is 24.0 Å². The van der Waals surface area contributed by atoms with Crippen molar-refractivity contribution in [2.75, 3.05) is 14.1 Å². The molecule has 7 N–H and O–H groups in total. The minimum atomic E-state index is -2.79. The van der Waals surface area contributed by atoms with Crippen molar-refractivity contribution < 1.29 is 39.9 Å². The molecule has 1 amide bonds. The quantitative estimate of drug-likeness (QED) is 0.275. The van der Waals surface area contributed by atoms with E-state index < -0.39 is 70.8 Å². The Morgan fingerprint density at radius 3 is 2.33 bits per heavy atom. The number of primary amides is 1. The topological polar surface area (TPSA) is 182 Å². The summed E-state index contributed by atoms with van der Waals surface area (Å²) in [6, 6.07) is 1.55. The number of halogens is 1. The number of aliphatic hydroxyl groups excluding tert-OH is 3. The number of aliphatic hydroxyl groups is 4. The number of fused-ring (bicyclic) bond motifs is 3. The Bertz CT molecular complexity index is 1120. The average Bonchev–Trinajstić information content (AvgIpc) is 2.72. The van der Waals surface area contributed by atoms with Gasteiger partial charge in [0, 0.05) is 21.9 Å². The predicted octanol–water partition coefficient (Wildman–Crippen LogP) is -0.577. The Balaban J connectivity index is 2.03. The lowest BCUT2D eigenvalue weighted by molar-refractivity contribution is -0.212. The van der Waals surface area contributed by atoms with Crippen LogP contribution in [0.4, 0.5) is 0 Å². The molecule has 0 saturated heterocycles. The molecule has 0 radical (unpaired) electrons. The number of benzene rings is 1. The van der Waals surface area contributed by atoms with E-state index in [2.05, 4.69) is 15.9 Å². The van der Waals surface area contributed by atoms with Crippen LogP contribution in [0.2, 0.25) is 0 Å². The number of hydrogen-bond acceptors (Lipinski definition) is 9. The highest BCUT2D eigenvalue weighted by Gasteiger charge is 2.71. The molecule has 3 aliphatic carbocycles. The second kappa shape index (κ2) is 7.60. The molecule has 2 unspecified atom stereocenters. The highest BCUT2D eigenvalue weighted by atomic mass is 79.9. The molecule has 8 atom stereocenters. The van der Waals surface area contributed by atoms with Crippen molar-refractivity contribution >= 4 is 39.2 Å². The maximum Gasteiger partial charge on any atom is 0.230 e. The largest absolute Gasteiger partial charge is 0.507 e. The minimum Gasteiger partial charge on any atom is -0.507 e. The number of nitrogens with zero attached hydrogens (tertiary/aromatic N) is 1. The number of carbonyl (C=O) groups excluding carboxylic acids is 3. The van der Waals surface area contributed by atoms with Gasteiger partial charge in [0.15, 0.2) is 17.2 Å². The second-order valence-electron chi connectivity index (χ2n) is 9.24. The molecule has 4 rings (SSSR count). The van der Waals surface area contributed by atoms with E-state index in [1.807, 2.05) is 0 Å². The molecular formula is C22H25BrN2O8. The molecule has 0 aliphatic heterocycles. The molecule has 178 valence electrons.